The van der Waals surface area contributed by atoms with Gasteiger partial charge in [-0.3, -0.25) is 9.69 Å². The van der Waals surface area contributed by atoms with Crippen molar-refractivity contribution in [3.05, 3.63) is 65.7 Å². The summed E-state index contributed by atoms with van der Waals surface area (Å²) >= 11 is 1.48. The highest BCUT2D eigenvalue weighted by molar-refractivity contribution is 8.15. The van der Waals surface area contributed by atoms with E-state index in [0.717, 1.165) is 23.3 Å². The molecule has 1 unspecified atom stereocenters. The number of amides is 1. The molecule has 134 valence electrons. The number of ether oxygens (including phenoxy) is 1. The minimum absolute atomic E-state index is 0.0852. The SMILES string of the molecule is CCC1S/C(=N\N=C\c2ccccc2)N(Cc2ccc(OC)cc2)C1=O. The van der Waals surface area contributed by atoms with Crippen LogP contribution in [0, 0.1) is 0 Å². The van der Waals surface area contributed by atoms with E-state index in [-0.39, 0.29) is 11.2 Å². The molecule has 26 heavy (non-hydrogen) atoms. The van der Waals surface area contributed by atoms with E-state index in [0.29, 0.717) is 11.7 Å². The molecule has 0 aliphatic carbocycles. The van der Waals surface area contributed by atoms with E-state index >= 15 is 0 Å². The summed E-state index contributed by atoms with van der Waals surface area (Å²) in [5, 5.41) is 9.03. The fraction of sp³-hybridized carbons (Fsp3) is 0.250. The maximum absolute atomic E-state index is 12.7. The summed E-state index contributed by atoms with van der Waals surface area (Å²) in [5.74, 6) is 0.880. The van der Waals surface area contributed by atoms with Gasteiger partial charge in [0.2, 0.25) is 5.91 Å². The van der Waals surface area contributed by atoms with Crippen LogP contribution in [0.1, 0.15) is 24.5 Å². The molecule has 6 heteroatoms. The molecule has 1 aliphatic rings. The Hall–Kier alpha value is -2.60. The summed E-state index contributed by atoms with van der Waals surface area (Å²) < 4.78 is 5.18. The second-order valence-electron chi connectivity index (χ2n) is 5.83. The number of benzene rings is 2. The highest BCUT2D eigenvalue weighted by atomic mass is 32.2. The molecule has 0 saturated carbocycles. The lowest BCUT2D eigenvalue weighted by molar-refractivity contribution is -0.126. The molecule has 2 aromatic carbocycles. The number of methoxy groups -OCH3 is 1. The van der Waals surface area contributed by atoms with E-state index in [1.165, 1.54) is 11.8 Å². The first-order chi connectivity index (χ1) is 12.7. The van der Waals surface area contributed by atoms with Gasteiger partial charge in [0.05, 0.1) is 25.1 Å². The highest BCUT2D eigenvalue weighted by Crippen LogP contribution is 2.31. The maximum atomic E-state index is 12.7. The third-order valence-electron chi connectivity index (χ3n) is 4.04. The van der Waals surface area contributed by atoms with Crippen molar-refractivity contribution in [3.63, 3.8) is 0 Å². The molecule has 5 nitrogen and oxygen atoms in total. The molecule has 1 atom stereocenters. The van der Waals surface area contributed by atoms with Gasteiger partial charge in [-0.05, 0) is 29.7 Å². The lowest BCUT2D eigenvalue weighted by atomic mass is 10.2. The van der Waals surface area contributed by atoms with Gasteiger partial charge in [-0.2, -0.15) is 5.10 Å². The second kappa shape index (κ2) is 8.67. The number of rotatable bonds is 6. The van der Waals surface area contributed by atoms with Crippen LogP contribution in [0.15, 0.2) is 64.8 Å². The average Bonchev–Trinajstić information content (AvgIpc) is 2.98. The van der Waals surface area contributed by atoms with Crippen LogP contribution in [-0.2, 0) is 11.3 Å². The predicted molar refractivity (Wildman–Crippen MR) is 107 cm³/mol. The summed E-state index contributed by atoms with van der Waals surface area (Å²) in [6.07, 6.45) is 2.47. The van der Waals surface area contributed by atoms with Crippen LogP contribution in [-0.4, -0.2) is 34.5 Å². The number of hydrogen-bond donors (Lipinski definition) is 0. The van der Waals surface area contributed by atoms with Crippen LogP contribution in [0.2, 0.25) is 0 Å². The van der Waals surface area contributed by atoms with E-state index in [2.05, 4.69) is 10.2 Å². The molecule has 0 spiro atoms. The van der Waals surface area contributed by atoms with Crippen molar-refractivity contribution in [2.24, 2.45) is 10.2 Å². The van der Waals surface area contributed by atoms with Crippen LogP contribution in [0.5, 0.6) is 5.75 Å². The van der Waals surface area contributed by atoms with Crippen molar-refractivity contribution in [2.45, 2.75) is 25.1 Å². The van der Waals surface area contributed by atoms with E-state index < -0.39 is 0 Å². The van der Waals surface area contributed by atoms with Gasteiger partial charge in [0.15, 0.2) is 5.17 Å². The highest BCUT2D eigenvalue weighted by Gasteiger charge is 2.36. The van der Waals surface area contributed by atoms with Gasteiger partial charge in [-0.1, -0.05) is 61.2 Å². The summed E-state index contributed by atoms with van der Waals surface area (Å²) in [4.78, 5) is 14.4. The molecule has 1 saturated heterocycles. The number of carbonyl (C=O) groups is 1. The average molecular weight is 367 g/mol. The Morgan fingerprint density at radius 3 is 2.54 bits per heavy atom. The first-order valence-corrected chi connectivity index (χ1v) is 9.36. The minimum Gasteiger partial charge on any atom is -0.497 e. The van der Waals surface area contributed by atoms with Gasteiger partial charge in [0.1, 0.15) is 5.75 Å². The topological polar surface area (TPSA) is 54.3 Å². The van der Waals surface area contributed by atoms with Gasteiger partial charge in [-0.15, -0.1) is 5.10 Å². The molecular formula is C20H21N3O2S. The summed E-state index contributed by atoms with van der Waals surface area (Å²) in [6.45, 7) is 2.49. The Kier molecular flexibility index (Phi) is 6.07. The molecule has 0 N–H and O–H groups in total. The Morgan fingerprint density at radius 1 is 1.15 bits per heavy atom. The summed E-state index contributed by atoms with van der Waals surface area (Å²) in [7, 11) is 1.64. The Labute approximate surface area is 157 Å². The molecule has 3 rings (SSSR count). The number of hydrogen-bond acceptors (Lipinski definition) is 5. The van der Waals surface area contributed by atoms with Gasteiger partial charge in [0, 0.05) is 0 Å². The van der Waals surface area contributed by atoms with Crippen LogP contribution < -0.4 is 4.74 Å². The Morgan fingerprint density at radius 2 is 1.88 bits per heavy atom. The van der Waals surface area contributed by atoms with Crippen LogP contribution in [0.4, 0.5) is 0 Å². The van der Waals surface area contributed by atoms with Gasteiger partial charge in [-0.25, -0.2) is 0 Å². The molecule has 0 radical (unpaired) electrons. The molecule has 1 heterocycles. The van der Waals surface area contributed by atoms with Crippen molar-refractivity contribution in [3.8, 4) is 5.75 Å². The lowest BCUT2D eigenvalue weighted by Gasteiger charge is -2.16. The first-order valence-electron chi connectivity index (χ1n) is 8.48. The molecule has 0 aromatic heterocycles. The smallest absolute Gasteiger partial charge is 0.242 e. The quantitative estimate of drug-likeness (QED) is 0.574. The van der Waals surface area contributed by atoms with Gasteiger partial charge < -0.3 is 4.74 Å². The summed E-state index contributed by atoms with van der Waals surface area (Å²) in [6, 6.07) is 17.5. The predicted octanol–water partition coefficient (Wildman–Crippen LogP) is 3.94. The van der Waals surface area contributed by atoms with Crippen molar-refractivity contribution in [1.29, 1.82) is 0 Å². The molecule has 1 amide bonds. The molecule has 1 fully saturated rings. The number of thioether (sulfide) groups is 1. The largest absolute Gasteiger partial charge is 0.497 e. The molecule has 1 aliphatic heterocycles. The standard InChI is InChI=1S/C20H21N3O2S/c1-3-18-19(24)23(14-16-9-11-17(25-2)12-10-16)20(26-18)22-21-13-15-7-5-4-6-8-15/h4-13,18H,3,14H2,1-2H3/b21-13+,22-20-. The molecule has 2 aromatic rings. The van der Waals surface area contributed by atoms with Crippen molar-refractivity contribution >= 4 is 29.1 Å². The number of nitrogens with zero attached hydrogens (tertiary/aromatic N) is 3. The fourth-order valence-electron chi connectivity index (χ4n) is 2.59. The van der Waals surface area contributed by atoms with Gasteiger partial charge >= 0.3 is 0 Å². The third-order valence-corrected chi connectivity index (χ3v) is 5.37. The van der Waals surface area contributed by atoms with Crippen molar-refractivity contribution in [2.75, 3.05) is 7.11 Å². The molecular weight excluding hydrogens is 346 g/mol. The number of amidine groups is 1. The zero-order chi connectivity index (χ0) is 18.4. The van der Waals surface area contributed by atoms with E-state index in [1.54, 1.807) is 18.2 Å². The fourth-order valence-corrected chi connectivity index (χ4v) is 3.61. The Bertz CT molecular complexity index is 804. The van der Waals surface area contributed by atoms with E-state index in [1.807, 2.05) is 61.5 Å². The van der Waals surface area contributed by atoms with Crippen molar-refractivity contribution in [1.82, 2.24) is 4.90 Å². The van der Waals surface area contributed by atoms with E-state index in [4.69, 9.17) is 4.74 Å². The van der Waals surface area contributed by atoms with Crippen LogP contribution in [0.25, 0.3) is 0 Å². The minimum atomic E-state index is -0.0982. The summed E-state index contributed by atoms with van der Waals surface area (Å²) in [5.41, 5.74) is 2.00. The maximum Gasteiger partial charge on any atom is 0.242 e. The monoisotopic (exact) mass is 367 g/mol. The van der Waals surface area contributed by atoms with E-state index in [9.17, 15) is 4.79 Å². The second-order valence-corrected chi connectivity index (χ2v) is 6.99. The first kappa shape index (κ1) is 18.2. The van der Waals surface area contributed by atoms with Gasteiger partial charge in [0.25, 0.3) is 0 Å². The van der Waals surface area contributed by atoms with Crippen LogP contribution >= 0.6 is 11.8 Å². The van der Waals surface area contributed by atoms with Crippen LogP contribution in [0.3, 0.4) is 0 Å². The normalized spacial score (nSPS) is 18.8. The third kappa shape index (κ3) is 4.32. The van der Waals surface area contributed by atoms with Crippen molar-refractivity contribution < 1.29 is 9.53 Å². The Balaban J connectivity index is 1.78. The number of carbonyl (C=O) groups excluding carboxylic acids is 1. The lowest BCUT2D eigenvalue weighted by Crippen LogP contribution is -2.31. The zero-order valence-electron chi connectivity index (χ0n) is 14.8. The molecule has 0 bridgehead atoms. The zero-order valence-corrected chi connectivity index (χ0v) is 15.6.